The van der Waals surface area contributed by atoms with E-state index in [9.17, 15) is 9.90 Å². The van der Waals surface area contributed by atoms with Crippen molar-refractivity contribution >= 4 is 11.4 Å². The fourth-order valence-electron chi connectivity index (χ4n) is 2.65. The van der Waals surface area contributed by atoms with Crippen LogP contribution in [0.1, 0.15) is 34.2 Å². The van der Waals surface area contributed by atoms with E-state index in [0.29, 0.717) is 23.5 Å². The van der Waals surface area contributed by atoms with E-state index in [4.69, 9.17) is 10.00 Å². The van der Waals surface area contributed by atoms with Crippen LogP contribution in [0.15, 0.2) is 36.5 Å². The van der Waals surface area contributed by atoms with Gasteiger partial charge in [-0.2, -0.15) is 5.26 Å². The molecule has 0 atom stereocenters. The Morgan fingerprint density at radius 1 is 1.42 bits per heavy atom. The first kappa shape index (κ1) is 15.6. The maximum Gasteiger partial charge on any atom is 0.211 e. The van der Waals surface area contributed by atoms with Crippen LogP contribution in [-0.4, -0.2) is 27.4 Å². The van der Waals surface area contributed by atoms with Crippen LogP contribution in [0.5, 0.6) is 11.5 Å². The number of aromatic nitrogens is 2. The highest BCUT2D eigenvalue weighted by Crippen LogP contribution is 2.32. The number of carbonyl (C=O) groups excluding carboxylic acids is 1. The molecule has 2 aromatic heterocycles. The number of phenolic OH excluding ortho intramolecular Hbond substituents is 1. The second-order valence-corrected chi connectivity index (χ2v) is 5.21. The third-order valence-corrected chi connectivity index (χ3v) is 3.83. The van der Waals surface area contributed by atoms with Crippen molar-refractivity contribution in [3.8, 4) is 17.6 Å². The maximum absolute atomic E-state index is 13.0. The second-order valence-electron chi connectivity index (χ2n) is 5.21. The van der Waals surface area contributed by atoms with E-state index >= 15 is 0 Å². The van der Waals surface area contributed by atoms with Crippen LogP contribution >= 0.6 is 0 Å². The number of phenols is 1. The van der Waals surface area contributed by atoms with Crippen molar-refractivity contribution < 1.29 is 14.6 Å². The highest BCUT2D eigenvalue weighted by Gasteiger charge is 2.22. The lowest BCUT2D eigenvalue weighted by Crippen LogP contribution is -2.09. The minimum atomic E-state index is -0.277. The second kappa shape index (κ2) is 6.05. The lowest BCUT2D eigenvalue weighted by molar-refractivity contribution is 0.103. The van der Waals surface area contributed by atoms with Crippen molar-refractivity contribution in [1.82, 2.24) is 9.38 Å². The van der Waals surface area contributed by atoms with Crippen molar-refractivity contribution in [2.75, 3.05) is 7.11 Å². The molecule has 0 fully saturated rings. The Bertz CT molecular complexity index is 983. The predicted molar refractivity (Wildman–Crippen MR) is 87.4 cm³/mol. The van der Waals surface area contributed by atoms with Crippen molar-refractivity contribution in [1.29, 1.82) is 5.26 Å². The molecule has 3 rings (SSSR count). The summed E-state index contributed by atoms with van der Waals surface area (Å²) in [4.78, 5) is 17.5. The van der Waals surface area contributed by atoms with Gasteiger partial charge in [0.1, 0.15) is 17.4 Å². The molecule has 120 valence electrons. The van der Waals surface area contributed by atoms with Gasteiger partial charge in [0.15, 0.2) is 11.5 Å². The lowest BCUT2D eigenvalue weighted by Gasteiger charge is -2.09. The number of rotatable bonds is 4. The van der Waals surface area contributed by atoms with Gasteiger partial charge in [0, 0.05) is 11.8 Å². The number of hydrogen-bond acceptors (Lipinski definition) is 5. The van der Waals surface area contributed by atoms with Gasteiger partial charge in [0.2, 0.25) is 5.78 Å². The average Bonchev–Trinajstić information content (AvgIpc) is 2.99. The SMILES string of the molecule is CCc1nc2ccccn2c1C(=O)c1cc(C#N)c(O)c(OC)c1. The topological polar surface area (TPSA) is 87.6 Å². The zero-order chi connectivity index (χ0) is 17.3. The molecule has 1 aromatic carbocycles. The number of hydrogen-bond donors (Lipinski definition) is 1. The van der Waals surface area contributed by atoms with E-state index < -0.39 is 0 Å². The summed E-state index contributed by atoms with van der Waals surface area (Å²) in [5.41, 5.74) is 2.07. The van der Waals surface area contributed by atoms with Gasteiger partial charge in [-0.3, -0.25) is 9.20 Å². The number of benzene rings is 1. The van der Waals surface area contributed by atoms with Crippen LogP contribution in [0.25, 0.3) is 5.65 Å². The van der Waals surface area contributed by atoms with E-state index in [1.807, 2.05) is 31.2 Å². The van der Waals surface area contributed by atoms with Gasteiger partial charge in [-0.05, 0) is 30.7 Å². The van der Waals surface area contributed by atoms with E-state index in [1.165, 1.54) is 19.2 Å². The number of aromatic hydroxyl groups is 1. The maximum atomic E-state index is 13.0. The third-order valence-electron chi connectivity index (χ3n) is 3.83. The molecule has 6 nitrogen and oxygen atoms in total. The lowest BCUT2D eigenvalue weighted by atomic mass is 10.0. The first-order valence-corrected chi connectivity index (χ1v) is 7.42. The first-order chi connectivity index (χ1) is 11.6. The normalized spacial score (nSPS) is 10.5. The third kappa shape index (κ3) is 2.36. The Kier molecular flexibility index (Phi) is 3.92. The molecule has 6 heteroatoms. The van der Waals surface area contributed by atoms with E-state index in [0.717, 1.165) is 0 Å². The van der Waals surface area contributed by atoms with Crippen LogP contribution in [0, 0.1) is 11.3 Å². The minimum absolute atomic E-state index is 0.00966. The Morgan fingerprint density at radius 3 is 2.88 bits per heavy atom. The molecule has 3 aromatic rings. The Balaban J connectivity index is 2.22. The highest BCUT2D eigenvalue weighted by molar-refractivity contribution is 6.09. The Labute approximate surface area is 138 Å². The molecule has 0 amide bonds. The zero-order valence-electron chi connectivity index (χ0n) is 13.3. The van der Waals surface area contributed by atoms with Crippen LogP contribution in [0.2, 0.25) is 0 Å². The molecule has 2 heterocycles. The molecule has 0 aliphatic heterocycles. The van der Waals surface area contributed by atoms with E-state index in [1.54, 1.807) is 10.6 Å². The number of ketones is 1. The molecule has 1 N–H and O–H groups in total. The summed E-state index contributed by atoms with van der Waals surface area (Å²) >= 11 is 0. The fourth-order valence-corrected chi connectivity index (χ4v) is 2.65. The summed E-state index contributed by atoms with van der Waals surface area (Å²) in [6.07, 6.45) is 2.38. The number of pyridine rings is 1. The monoisotopic (exact) mass is 321 g/mol. The smallest absolute Gasteiger partial charge is 0.211 e. The molecule has 0 aliphatic rings. The van der Waals surface area contributed by atoms with E-state index in [2.05, 4.69) is 4.98 Å². The van der Waals surface area contributed by atoms with Crippen LogP contribution in [0.3, 0.4) is 0 Å². The number of methoxy groups -OCH3 is 1. The van der Waals surface area contributed by atoms with Gasteiger partial charge >= 0.3 is 0 Å². The number of nitriles is 1. The first-order valence-electron chi connectivity index (χ1n) is 7.42. The quantitative estimate of drug-likeness (QED) is 0.747. The summed E-state index contributed by atoms with van der Waals surface area (Å²) in [6, 6.07) is 10.2. The number of aryl methyl sites for hydroxylation is 1. The number of imidazole rings is 1. The predicted octanol–water partition coefficient (Wildman–Crippen LogP) is 2.71. The molecule has 0 unspecified atom stereocenters. The molecule has 0 radical (unpaired) electrons. The molecule has 0 aliphatic carbocycles. The number of nitrogens with zero attached hydrogens (tertiary/aromatic N) is 3. The summed E-state index contributed by atoms with van der Waals surface area (Å²) < 4.78 is 6.79. The highest BCUT2D eigenvalue weighted by atomic mass is 16.5. The van der Waals surface area contributed by atoms with Crippen molar-refractivity contribution in [3.05, 3.63) is 59.0 Å². The zero-order valence-corrected chi connectivity index (χ0v) is 13.3. The van der Waals surface area contributed by atoms with Gasteiger partial charge in [-0.15, -0.1) is 0 Å². The summed E-state index contributed by atoms with van der Waals surface area (Å²) in [6.45, 7) is 1.93. The number of carbonyl (C=O) groups is 1. The molecule has 0 saturated carbocycles. The molecular weight excluding hydrogens is 306 g/mol. The van der Waals surface area contributed by atoms with Crippen LogP contribution in [0.4, 0.5) is 0 Å². The number of fused-ring (bicyclic) bond motifs is 1. The van der Waals surface area contributed by atoms with Gasteiger partial charge in [0.05, 0.1) is 18.4 Å². The van der Waals surface area contributed by atoms with Gasteiger partial charge < -0.3 is 9.84 Å². The van der Waals surface area contributed by atoms with Crippen molar-refractivity contribution in [2.45, 2.75) is 13.3 Å². The van der Waals surface area contributed by atoms with E-state index in [-0.39, 0.29) is 28.4 Å². The summed E-state index contributed by atoms with van der Waals surface area (Å²) in [5.74, 6) is -0.463. The Morgan fingerprint density at radius 2 is 2.21 bits per heavy atom. The fraction of sp³-hybridized carbons (Fsp3) is 0.167. The van der Waals surface area contributed by atoms with Crippen LogP contribution < -0.4 is 4.74 Å². The molecular formula is C18H15N3O3. The van der Waals surface area contributed by atoms with Crippen LogP contribution in [-0.2, 0) is 6.42 Å². The molecule has 24 heavy (non-hydrogen) atoms. The van der Waals surface area contributed by atoms with Gasteiger partial charge in [-0.1, -0.05) is 13.0 Å². The van der Waals surface area contributed by atoms with Crippen molar-refractivity contribution in [3.63, 3.8) is 0 Å². The summed E-state index contributed by atoms with van der Waals surface area (Å²) in [5, 5.41) is 19.1. The molecule has 0 saturated heterocycles. The Hall–Kier alpha value is -3.33. The average molecular weight is 321 g/mol. The summed E-state index contributed by atoms with van der Waals surface area (Å²) in [7, 11) is 1.37. The van der Waals surface area contributed by atoms with Gasteiger partial charge in [-0.25, -0.2) is 4.98 Å². The van der Waals surface area contributed by atoms with Crippen molar-refractivity contribution in [2.24, 2.45) is 0 Å². The standard InChI is InChI=1S/C18H15N3O3/c1-3-13-16(21-7-5-4-6-15(21)20-13)18(23)11-8-12(10-19)17(22)14(9-11)24-2/h4-9,22H,3H2,1-2H3. The largest absolute Gasteiger partial charge is 0.503 e. The van der Waals surface area contributed by atoms with Gasteiger partial charge in [0.25, 0.3) is 0 Å². The molecule has 0 bridgehead atoms. The number of ether oxygens (including phenoxy) is 1. The minimum Gasteiger partial charge on any atom is -0.503 e. The molecule has 0 spiro atoms.